The van der Waals surface area contributed by atoms with Crippen molar-refractivity contribution in [1.82, 2.24) is 10.1 Å². The van der Waals surface area contributed by atoms with Gasteiger partial charge in [0, 0.05) is 5.41 Å². The molecular weight excluding hydrogens is 196 g/mol. The van der Waals surface area contributed by atoms with Crippen LogP contribution in [0.25, 0.3) is 0 Å². The minimum absolute atomic E-state index is 0.0379. The second kappa shape index (κ2) is 3.64. The first kappa shape index (κ1) is 10.1. The number of carboxylic acid groups (broad SMARTS) is 1. The maximum absolute atomic E-state index is 10.5. The predicted molar refractivity (Wildman–Crippen MR) is 51.5 cm³/mol. The first-order chi connectivity index (χ1) is 7.10. The zero-order valence-electron chi connectivity index (χ0n) is 8.69. The number of carboxylic acids is 1. The molecule has 15 heavy (non-hydrogen) atoms. The summed E-state index contributed by atoms with van der Waals surface area (Å²) in [5, 5.41) is 12.3. The molecule has 1 aromatic heterocycles. The van der Waals surface area contributed by atoms with Crippen LogP contribution >= 0.6 is 0 Å². The van der Waals surface area contributed by atoms with Gasteiger partial charge in [-0.2, -0.15) is 4.98 Å². The number of rotatable bonds is 3. The van der Waals surface area contributed by atoms with Gasteiger partial charge in [-0.05, 0) is 12.8 Å². The van der Waals surface area contributed by atoms with E-state index in [9.17, 15) is 4.79 Å². The number of aromatic nitrogens is 2. The Bertz CT molecular complexity index is 366. The van der Waals surface area contributed by atoms with Crippen LogP contribution in [0.2, 0.25) is 0 Å². The van der Waals surface area contributed by atoms with E-state index in [-0.39, 0.29) is 17.7 Å². The molecule has 1 heterocycles. The molecule has 2 rings (SSSR count). The average molecular weight is 210 g/mol. The lowest BCUT2D eigenvalue weighted by Gasteiger charge is -2.16. The smallest absolute Gasteiger partial charge is 0.311 e. The molecule has 1 N–H and O–H groups in total. The van der Waals surface area contributed by atoms with E-state index < -0.39 is 5.97 Å². The van der Waals surface area contributed by atoms with Gasteiger partial charge in [0.15, 0.2) is 5.82 Å². The number of hydrogen-bond acceptors (Lipinski definition) is 4. The van der Waals surface area contributed by atoms with Crippen LogP contribution in [0.5, 0.6) is 0 Å². The van der Waals surface area contributed by atoms with Crippen molar-refractivity contribution in [3.8, 4) is 0 Å². The van der Waals surface area contributed by atoms with Gasteiger partial charge in [-0.1, -0.05) is 24.9 Å². The van der Waals surface area contributed by atoms with Crippen LogP contribution in [0.15, 0.2) is 4.52 Å². The molecule has 0 radical (unpaired) electrons. The molecule has 82 valence electrons. The molecule has 1 fully saturated rings. The van der Waals surface area contributed by atoms with E-state index in [1.165, 1.54) is 12.8 Å². The van der Waals surface area contributed by atoms with Gasteiger partial charge in [0.2, 0.25) is 5.89 Å². The second-order valence-corrected chi connectivity index (χ2v) is 4.35. The highest BCUT2D eigenvalue weighted by Gasteiger charge is 2.36. The maximum Gasteiger partial charge on any atom is 0.311 e. The Morgan fingerprint density at radius 3 is 2.80 bits per heavy atom. The van der Waals surface area contributed by atoms with Crippen molar-refractivity contribution in [1.29, 1.82) is 0 Å². The molecular formula is C10H14N2O3. The van der Waals surface area contributed by atoms with Crippen molar-refractivity contribution in [3.63, 3.8) is 0 Å². The molecule has 0 aliphatic heterocycles. The molecule has 1 saturated carbocycles. The lowest BCUT2D eigenvalue weighted by atomic mass is 9.89. The van der Waals surface area contributed by atoms with E-state index in [1.54, 1.807) is 0 Å². The molecule has 5 nitrogen and oxygen atoms in total. The van der Waals surface area contributed by atoms with E-state index in [0.29, 0.717) is 5.89 Å². The molecule has 0 bridgehead atoms. The van der Waals surface area contributed by atoms with Gasteiger partial charge in [0.1, 0.15) is 6.42 Å². The van der Waals surface area contributed by atoms with Crippen LogP contribution in [0.3, 0.4) is 0 Å². The van der Waals surface area contributed by atoms with E-state index in [0.717, 1.165) is 12.8 Å². The molecule has 1 aliphatic rings. The van der Waals surface area contributed by atoms with Gasteiger partial charge >= 0.3 is 5.97 Å². The van der Waals surface area contributed by atoms with Crippen molar-refractivity contribution in [2.24, 2.45) is 0 Å². The second-order valence-electron chi connectivity index (χ2n) is 4.35. The highest BCUT2D eigenvalue weighted by Crippen LogP contribution is 2.39. The van der Waals surface area contributed by atoms with E-state index in [4.69, 9.17) is 9.63 Å². The number of aliphatic carboxylic acids is 1. The number of nitrogens with zero attached hydrogens (tertiary/aromatic N) is 2. The summed E-state index contributed by atoms with van der Waals surface area (Å²) >= 11 is 0. The molecule has 5 heteroatoms. The summed E-state index contributed by atoms with van der Waals surface area (Å²) in [6.45, 7) is 2.10. The third kappa shape index (κ3) is 2.00. The van der Waals surface area contributed by atoms with Gasteiger partial charge in [0.25, 0.3) is 0 Å². The molecule has 1 aromatic rings. The number of hydrogen-bond donors (Lipinski definition) is 1. The Hall–Kier alpha value is -1.39. The van der Waals surface area contributed by atoms with Crippen molar-refractivity contribution in [3.05, 3.63) is 11.7 Å². The minimum atomic E-state index is -0.932. The lowest BCUT2D eigenvalue weighted by molar-refractivity contribution is -0.136. The van der Waals surface area contributed by atoms with Crippen LogP contribution < -0.4 is 0 Å². The highest BCUT2D eigenvalue weighted by atomic mass is 16.5. The monoisotopic (exact) mass is 210 g/mol. The van der Waals surface area contributed by atoms with Crippen molar-refractivity contribution in [2.75, 3.05) is 0 Å². The first-order valence-electron chi connectivity index (χ1n) is 5.15. The Balaban J connectivity index is 2.15. The third-order valence-electron chi connectivity index (χ3n) is 3.00. The molecule has 1 aliphatic carbocycles. The van der Waals surface area contributed by atoms with Gasteiger partial charge in [0.05, 0.1) is 0 Å². The fourth-order valence-electron chi connectivity index (χ4n) is 2.08. The van der Waals surface area contributed by atoms with Gasteiger partial charge in [-0.3, -0.25) is 4.79 Å². The largest absolute Gasteiger partial charge is 0.481 e. The van der Waals surface area contributed by atoms with Crippen LogP contribution in [0.4, 0.5) is 0 Å². The number of carbonyl (C=O) groups is 1. The summed E-state index contributed by atoms with van der Waals surface area (Å²) in [7, 11) is 0. The molecule has 0 atom stereocenters. The topological polar surface area (TPSA) is 76.2 Å². The Morgan fingerprint density at radius 1 is 1.53 bits per heavy atom. The minimum Gasteiger partial charge on any atom is -0.481 e. The Labute approximate surface area is 87.5 Å². The Morgan fingerprint density at radius 2 is 2.20 bits per heavy atom. The highest BCUT2D eigenvalue weighted by molar-refractivity contribution is 5.68. The average Bonchev–Trinajstić information content (AvgIpc) is 2.74. The summed E-state index contributed by atoms with van der Waals surface area (Å²) in [5.74, 6) is -0.0687. The summed E-state index contributed by atoms with van der Waals surface area (Å²) in [4.78, 5) is 14.6. The Kier molecular flexibility index (Phi) is 2.46. The van der Waals surface area contributed by atoms with Gasteiger partial charge in [-0.15, -0.1) is 0 Å². The third-order valence-corrected chi connectivity index (χ3v) is 3.00. The molecule has 0 saturated heterocycles. The van der Waals surface area contributed by atoms with E-state index in [2.05, 4.69) is 17.1 Å². The molecule has 0 unspecified atom stereocenters. The van der Waals surface area contributed by atoms with Gasteiger partial charge < -0.3 is 9.63 Å². The van der Waals surface area contributed by atoms with Gasteiger partial charge in [-0.25, -0.2) is 0 Å². The molecule has 0 spiro atoms. The van der Waals surface area contributed by atoms with Crippen LogP contribution in [-0.2, 0) is 16.6 Å². The quantitative estimate of drug-likeness (QED) is 0.818. The zero-order valence-corrected chi connectivity index (χ0v) is 8.69. The lowest BCUT2D eigenvalue weighted by Crippen LogP contribution is -2.17. The molecule has 0 aromatic carbocycles. The van der Waals surface area contributed by atoms with Crippen LogP contribution in [0.1, 0.15) is 44.3 Å². The summed E-state index contributed by atoms with van der Waals surface area (Å²) in [6.07, 6.45) is 4.27. The maximum atomic E-state index is 10.5. The van der Waals surface area contributed by atoms with E-state index in [1.807, 2.05) is 0 Å². The zero-order chi connectivity index (χ0) is 10.9. The van der Waals surface area contributed by atoms with Crippen molar-refractivity contribution >= 4 is 5.97 Å². The van der Waals surface area contributed by atoms with Crippen molar-refractivity contribution in [2.45, 2.75) is 44.4 Å². The molecule has 0 amide bonds. The summed E-state index contributed by atoms with van der Waals surface area (Å²) < 4.78 is 5.13. The SMILES string of the molecule is CC1(c2nc(CC(=O)O)no2)CCCC1. The standard InChI is InChI=1S/C10H14N2O3/c1-10(4-2-3-5-10)9-11-7(12-15-9)6-8(13)14/h2-6H2,1H3,(H,13,14). The summed E-state index contributed by atoms with van der Waals surface area (Å²) in [6, 6.07) is 0. The van der Waals surface area contributed by atoms with Crippen LogP contribution in [0, 0.1) is 0 Å². The van der Waals surface area contributed by atoms with Crippen molar-refractivity contribution < 1.29 is 14.4 Å². The summed E-state index contributed by atoms with van der Waals surface area (Å²) in [5.41, 5.74) is -0.0379. The fraction of sp³-hybridized carbons (Fsp3) is 0.700. The normalized spacial score (nSPS) is 19.3. The first-order valence-corrected chi connectivity index (χ1v) is 5.15. The fourth-order valence-corrected chi connectivity index (χ4v) is 2.08. The van der Waals surface area contributed by atoms with Crippen LogP contribution in [-0.4, -0.2) is 21.2 Å². The predicted octanol–water partition coefficient (Wildman–Crippen LogP) is 1.53. The van der Waals surface area contributed by atoms with E-state index >= 15 is 0 Å².